The van der Waals surface area contributed by atoms with Crippen molar-refractivity contribution in [2.45, 2.75) is 51.2 Å². The number of pyridine rings is 1. The first-order valence-electron chi connectivity index (χ1n) is 10.1. The fraction of sp³-hybridized carbons (Fsp3) is 0.333. The first-order chi connectivity index (χ1) is 15.1. The van der Waals surface area contributed by atoms with E-state index in [2.05, 4.69) is 20.5 Å². The van der Waals surface area contributed by atoms with Crippen LogP contribution >= 0.6 is 0 Å². The second kappa shape index (κ2) is 8.06. The summed E-state index contributed by atoms with van der Waals surface area (Å²) in [6, 6.07) is 6.99. The molecule has 2 aromatic heterocycles. The van der Waals surface area contributed by atoms with Gasteiger partial charge in [0.05, 0.1) is 10.5 Å². The van der Waals surface area contributed by atoms with Crippen LogP contribution < -0.4 is 5.32 Å². The molecule has 0 fully saturated rings. The Kier molecular flexibility index (Phi) is 5.55. The number of nitrogens with zero attached hydrogens (tertiary/aromatic N) is 5. The number of halogens is 1. The highest BCUT2D eigenvalue weighted by molar-refractivity contribution is 7.89. The van der Waals surface area contributed by atoms with Crippen LogP contribution in [0.2, 0.25) is 0 Å². The summed E-state index contributed by atoms with van der Waals surface area (Å²) in [6.07, 6.45) is 1.59. The lowest BCUT2D eigenvalue weighted by Crippen LogP contribution is -2.31. The van der Waals surface area contributed by atoms with Crippen molar-refractivity contribution >= 4 is 21.7 Å². The molecular formula is C21H23FN6O3S. The molecule has 0 aliphatic carbocycles. The smallest absolute Gasteiger partial charge is 0.259 e. The van der Waals surface area contributed by atoms with E-state index in [-0.39, 0.29) is 34.9 Å². The van der Waals surface area contributed by atoms with Crippen LogP contribution in [0.5, 0.6) is 0 Å². The van der Waals surface area contributed by atoms with E-state index in [1.807, 2.05) is 18.4 Å². The Hall–Kier alpha value is -3.18. The van der Waals surface area contributed by atoms with Crippen molar-refractivity contribution in [2.24, 2.45) is 0 Å². The Morgan fingerprint density at radius 1 is 1.16 bits per heavy atom. The largest absolute Gasteiger partial charge is 0.310 e. The minimum absolute atomic E-state index is 0.0514. The summed E-state index contributed by atoms with van der Waals surface area (Å²) in [5, 5.41) is 10.5. The third kappa shape index (κ3) is 3.78. The molecule has 1 amide bonds. The highest BCUT2D eigenvalue weighted by Crippen LogP contribution is 2.34. The molecule has 3 heterocycles. The molecule has 0 bridgehead atoms. The van der Waals surface area contributed by atoms with Gasteiger partial charge in [0.15, 0.2) is 5.82 Å². The Morgan fingerprint density at radius 3 is 2.59 bits per heavy atom. The maximum atomic E-state index is 14.7. The zero-order valence-electron chi connectivity index (χ0n) is 18.1. The van der Waals surface area contributed by atoms with Crippen LogP contribution in [-0.4, -0.2) is 44.4 Å². The van der Waals surface area contributed by atoms with Crippen molar-refractivity contribution in [2.75, 3.05) is 5.32 Å². The number of carbonyl (C=O) groups excluding carboxylic acids is 1. The highest BCUT2D eigenvalue weighted by Gasteiger charge is 2.37. The van der Waals surface area contributed by atoms with Gasteiger partial charge < -0.3 is 9.88 Å². The number of nitrogens with one attached hydrogen (secondary N) is 1. The second-order valence-electron chi connectivity index (χ2n) is 8.10. The molecule has 1 aliphatic heterocycles. The number of aromatic nitrogens is 4. The van der Waals surface area contributed by atoms with Gasteiger partial charge in [-0.15, -0.1) is 10.2 Å². The van der Waals surface area contributed by atoms with E-state index in [1.54, 1.807) is 38.4 Å². The number of benzene rings is 1. The molecule has 0 unspecified atom stereocenters. The van der Waals surface area contributed by atoms with Gasteiger partial charge in [-0.2, -0.15) is 4.31 Å². The predicted molar refractivity (Wildman–Crippen MR) is 116 cm³/mol. The molecule has 4 rings (SSSR count). The number of carbonyl (C=O) groups is 1. The average molecular weight is 459 g/mol. The summed E-state index contributed by atoms with van der Waals surface area (Å²) < 4.78 is 43.4. The first kappa shape index (κ1) is 22.0. The molecule has 0 spiro atoms. The van der Waals surface area contributed by atoms with Crippen molar-refractivity contribution in [3.63, 3.8) is 0 Å². The van der Waals surface area contributed by atoms with E-state index in [1.165, 1.54) is 4.31 Å². The number of sulfonamides is 1. The van der Waals surface area contributed by atoms with E-state index in [9.17, 15) is 17.6 Å². The summed E-state index contributed by atoms with van der Waals surface area (Å²) >= 11 is 0. The SMILES string of the molecule is CC(C)N1Cc2cc(F)c(C(=O)Nc3cccc(-c4nncn4C(C)C)n3)cc2S1(=O)=O. The Bertz CT molecular complexity index is 1300. The molecule has 0 atom stereocenters. The van der Waals surface area contributed by atoms with Gasteiger partial charge in [0.2, 0.25) is 10.0 Å². The molecule has 168 valence electrons. The molecule has 0 saturated carbocycles. The number of anilines is 1. The number of rotatable bonds is 5. The second-order valence-corrected chi connectivity index (χ2v) is 9.96. The van der Waals surface area contributed by atoms with E-state index in [0.717, 1.165) is 12.1 Å². The molecule has 32 heavy (non-hydrogen) atoms. The topological polar surface area (TPSA) is 110 Å². The standard InChI is InChI=1S/C21H23FN6O3S/c1-12(2)27-11-23-26-20(27)17-6-5-7-19(24-17)25-21(29)15-9-18-14(8-16(15)22)10-28(13(3)4)32(18,30)31/h5-9,11-13H,10H2,1-4H3,(H,24,25,29). The Balaban J connectivity index is 1.64. The van der Waals surface area contributed by atoms with Gasteiger partial charge in [0.25, 0.3) is 5.91 Å². The maximum absolute atomic E-state index is 14.7. The number of amides is 1. The fourth-order valence-corrected chi connectivity index (χ4v) is 5.43. The lowest BCUT2D eigenvalue weighted by atomic mass is 10.1. The van der Waals surface area contributed by atoms with Crippen molar-refractivity contribution in [1.29, 1.82) is 0 Å². The molecule has 1 N–H and O–H groups in total. The van der Waals surface area contributed by atoms with Crippen LogP contribution in [0.15, 0.2) is 41.6 Å². The van der Waals surface area contributed by atoms with Gasteiger partial charge in [-0.1, -0.05) is 6.07 Å². The molecule has 3 aromatic rings. The first-order valence-corrected chi connectivity index (χ1v) is 11.6. The van der Waals surface area contributed by atoms with Gasteiger partial charge in [-0.3, -0.25) is 4.79 Å². The lowest BCUT2D eigenvalue weighted by Gasteiger charge is -2.18. The predicted octanol–water partition coefficient (Wildman–Crippen LogP) is 3.23. The highest BCUT2D eigenvalue weighted by atomic mass is 32.2. The molecule has 11 heteroatoms. The van der Waals surface area contributed by atoms with E-state index >= 15 is 0 Å². The van der Waals surface area contributed by atoms with Gasteiger partial charge in [0.1, 0.15) is 23.7 Å². The van der Waals surface area contributed by atoms with Crippen LogP contribution in [0.25, 0.3) is 11.5 Å². The fourth-order valence-electron chi connectivity index (χ4n) is 3.59. The van der Waals surface area contributed by atoms with Crippen molar-refractivity contribution in [3.05, 3.63) is 53.6 Å². The summed E-state index contributed by atoms with van der Waals surface area (Å²) in [7, 11) is -3.79. The van der Waals surface area contributed by atoms with E-state index in [4.69, 9.17) is 0 Å². The van der Waals surface area contributed by atoms with Crippen LogP contribution in [0.4, 0.5) is 10.2 Å². The summed E-state index contributed by atoms with van der Waals surface area (Å²) in [6.45, 7) is 7.51. The zero-order chi connectivity index (χ0) is 23.2. The number of hydrogen-bond donors (Lipinski definition) is 1. The van der Waals surface area contributed by atoms with Gasteiger partial charge in [-0.05, 0) is 57.5 Å². The molecule has 9 nitrogen and oxygen atoms in total. The minimum Gasteiger partial charge on any atom is -0.310 e. The average Bonchev–Trinajstić information content (AvgIpc) is 3.30. The van der Waals surface area contributed by atoms with Crippen molar-refractivity contribution < 1.29 is 17.6 Å². The number of hydrogen-bond acceptors (Lipinski definition) is 6. The van der Waals surface area contributed by atoms with Crippen LogP contribution in [0.3, 0.4) is 0 Å². The van der Waals surface area contributed by atoms with Crippen molar-refractivity contribution in [3.8, 4) is 11.5 Å². The van der Waals surface area contributed by atoms with Gasteiger partial charge >= 0.3 is 0 Å². The minimum atomic E-state index is -3.79. The molecule has 0 saturated heterocycles. The van der Waals surface area contributed by atoms with Crippen LogP contribution in [0, 0.1) is 5.82 Å². The third-order valence-corrected chi connectivity index (χ3v) is 7.34. The molecule has 1 aliphatic rings. The monoisotopic (exact) mass is 458 g/mol. The molecular weight excluding hydrogens is 435 g/mol. The van der Waals surface area contributed by atoms with Crippen LogP contribution in [0.1, 0.15) is 49.7 Å². The lowest BCUT2D eigenvalue weighted by molar-refractivity contribution is 0.102. The third-order valence-electron chi connectivity index (χ3n) is 5.23. The molecule has 0 radical (unpaired) electrons. The van der Waals surface area contributed by atoms with Crippen molar-refractivity contribution in [1.82, 2.24) is 24.1 Å². The van der Waals surface area contributed by atoms with E-state index in [0.29, 0.717) is 17.1 Å². The normalized spacial score (nSPS) is 15.3. The quantitative estimate of drug-likeness (QED) is 0.629. The number of fused-ring (bicyclic) bond motifs is 1. The Labute approximate surface area is 185 Å². The summed E-state index contributed by atoms with van der Waals surface area (Å²) in [4.78, 5) is 17.1. The maximum Gasteiger partial charge on any atom is 0.259 e. The van der Waals surface area contributed by atoms with Gasteiger partial charge in [0, 0.05) is 18.6 Å². The van der Waals surface area contributed by atoms with Gasteiger partial charge in [-0.25, -0.2) is 17.8 Å². The summed E-state index contributed by atoms with van der Waals surface area (Å²) in [5.74, 6) is -0.881. The van der Waals surface area contributed by atoms with Crippen LogP contribution in [-0.2, 0) is 16.6 Å². The van der Waals surface area contributed by atoms with E-state index < -0.39 is 21.7 Å². The molecule has 1 aromatic carbocycles. The zero-order valence-corrected chi connectivity index (χ0v) is 18.9. The Morgan fingerprint density at radius 2 is 1.91 bits per heavy atom. The summed E-state index contributed by atoms with van der Waals surface area (Å²) in [5.41, 5.74) is 0.454.